The van der Waals surface area contributed by atoms with Crippen molar-refractivity contribution in [3.05, 3.63) is 16.7 Å². The van der Waals surface area contributed by atoms with Gasteiger partial charge in [0.05, 0.1) is 18.7 Å². The van der Waals surface area contributed by atoms with E-state index in [4.69, 9.17) is 16.3 Å². The van der Waals surface area contributed by atoms with E-state index in [1.165, 1.54) is 7.11 Å². The molecule has 0 radical (unpaired) electrons. The van der Waals surface area contributed by atoms with Gasteiger partial charge in [0, 0.05) is 13.0 Å². The summed E-state index contributed by atoms with van der Waals surface area (Å²) in [5.74, 6) is 0.686. The Balaban J connectivity index is 2.26. The van der Waals surface area contributed by atoms with Crippen molar-refractivity contribution < 1.29 is 9.53 Å². The summed E-state index contributed by atoms with van der Waals surface area (Å²) in [6.07, 6.45) is 1.43. The molecule has 0 fully saturated rings. The number of fused-ring (bicyclic) bond motifs is 1. The van der Waals surface area contributed by atoms with Gasteiger partial charge in [-0.2, -0.15) is 0 Å². The molecule has 2 heterocycles. The van der Waals surface area contributed by atoms with E-state index in [0.717, 1.165) is 24.5 Å². The van der Waals surface area contributed by atoms with Crippen LogP contribution in [0.3, 0.4) is 0 Å². The van der Waals surface area contributed by atoms with E-state index in [-0.39, 0.29) is 11.9 Å². The number of imidazole rings is 1. The van der Waals surface area contributed by atoms with E-state index in [9.17, 15) is 4.79 Å². The Labute approximate surface area is 93.2 Å². The standard InChI is InChI=1S/C10H13ClN2O2/c1-6-12-9(11)8-5-7(10(14)15-2)3-4-13(6)8/h7H,3-5H2,1-2H3. The highest BCUT2D eigenvalue weighted by molar-refractivity contribution is 6.30. The molecule has 1 aliphatic heterocycles. The summed E-state index contributed by atoms with van der Waals surface area (Å²) in [7, 11) is 1.42. The highest BCUT2D eigenvalue weighted by atomic mass is 35.5. The second-order valence-corrected chi connectivity index (χ2v) is 4.12. The van der Waals surface area contributed by atoms with Crippen molar-refractivity contribution in [2.45, 2.75) is 26.3 Å². The highest BCUT2D eigenvalue weighted by Crippen LogP contribution is 2.27. The Bertz CT molecular complexity index is 400. The number of hydrogen-bond acceptors (Lipinski definition) is 3. The largest absolute Gasteiger partial charge is 0.469 e. The second-order valence-electron chi connectivity index (χ2n) is 3.76. The van der Waals surface area contributed by atoms with Crippen molar-refractivity contribution in [1.29, 1.82) is 0 Å². The zero-order valence-electron chi connectivity index (χ0n) is 8.79. The van der Waals surface area contributed by atoms with Crippen LogP contribution in [0.4, 0.5) is 0 Å². The number of aromatic nitrogens is 2. The smallest absolute Gasteiger partial charge is 0.309 e. The third kappa shape index (κ3) is 1.74. The molecule has 0 saturated carbocycles. The number of methoxy groups -OCH3 is 1. The Kier molecular flexibility index (Phi) is 2.69. The summed E-state index contributed by atoms with van der Waals surface area (Å²) in [6, 6.07) is 0. The molecule has 1 unspecified atom stereocenters. The van der Waals surface area contributed by atoms with Crippen molar-refractivity contribution in [3.8, 4) is 0 Å². The zero-order valence-corrected chi connectivity index (χ0v) is 9.54. The Morgan fingerprint density at radius 3 is 3.07 bits per heavy atom. The van der Waals surface area contributed by atoms with E-state index in [1.807, 2.05) is 6.92 Å². The van der Waals surface area contributed by atoms with Crippen LogP contribution in [0.2, 0.25) is 5.15 Å². The maximum atomic E-state index is 11.4. The predicted octanol–water partition coefficient (Wildman–Crippen LogP) is 1.58. The number of carbonyl (C=O) groups excluding carboxylic acids is 1. The quantitative estimate of drug-likeness (QED) is 0.686. The first-order chi connectivity index (χ1) is 7.13. The van der Waals surface area contributed by atoms with Gasteiger partial charge in [-0.05, 0) is 13.3 Å². The molecule has 0 saturated heterocycles. The lowest BCUT2D eigenvalue weighted by Crippen LogP contribution is -2.26. The topological polar surface area (TPSA) is 44.1 Å². The lowest BCUT2D eigenvalue weighted by atomic mass is 9.96. The Hall–Kier alpha value is -1.03. The fourth-order valence-electron chi connectivity index (χ4n) is 2.05. The average molecular weight is 229 g/mol. The van der Waals surface area contributed by atoms with Gasteiger partial charge in [-0.25, -0.2) is 4.98 Å². The predicted molar refractivity (Wildman–Crippen MR) is 55.8 cm³/mol. The van der Waals surface area contributed by atoms with Crippen LogP contribution in [0.1, 0.15) is 17.9 Å². The first kappa shape index (κ1) is 10.5. The van der Waals surface area contributed by atoms with Gasteiger partial charge in [-0.3, -0.25) is 4.79 Å². The average Bonchev–Trinajstić information content (AvgIpc) is 2.53. The summed E-state index contributed by atoms with van der Waals surface area (Å²) in [4.78, 5) is 15.6. The molecule has 0 N–H and O–H groups in total. The normalized spacial score (nSPS) is 19.8. The maximum Gasteiger partial charge on any atom is 0.309 e. The number of halogens is 1. The molecule has 1 atom stereocenters. The molecule has 0 bridgehead atoms. The number of ether oxygens (including phenoxy) is 1. The van der Waals surface area contributed by atoms with Crippen LogP contribution in [0.15, 0.2) is 0 Å². The van der Waals surface area contributed by atoms with E-state index in [0.29, 0.717) is 11.6 Å². The van der Waals surface area contributed by atoms with Crippen molar-refractivity contribution in [1.82, 2.24) is 9.55 Å². The molecule has 0 spiro atoms. The maximum absolute atomic E-state index is 11.4. The molecule has 1 aromatic rings. The highest BCUT2D eigenvalue weighted by Gasteiger charge is 2.28. The lowest BCUT2D eigenvalue weighted by Gasteiger charge is -2.22. The van der Waals surface area contributed by atoms with Crippen LogP contribution in [-0.2, 0) is 22.5 Å². The third-order valence-electron chi connectivity index (χ3n) is 2.89. The van der Waals surface area contributed by atoms with E-state index in [1.54, 1.807) is 0 Å². The SMILES string of the molecule is COC(=O)C1CCn2c(C)nc(Cl)c2C1. The Morgan fingerprint density at radius 1 is 1.67 bits per heavy atom. The summed E-state index contributed by atoms with van der Waals surface area (Å²) in [6.45, 7) is 2.72. The molecule has 1 aromatic heterocycles. The number of rotatable bonds is 1. The number of hydrogen-bond donors (Lipinski definition) is 0. The van der Waals surface area contributed by atoms with E-state index in [2.05, 4.69) is 9.55 Å². The summed E-state index contributed by atoms with van der Waals surface area (Å²) in [5.41, 5.74) is 0.954. The molecule has 0 aromatic carbocycles. The fraction of sp³-hybridized carbons (Fsp3) is 0.600. The van der Waals surface area contributed by atoms with Gasteiger partial charge in [-0.15, -0.1) is 0 Å². The van der Waals surface area contributed by atoms with Crippen molar-refractivity contribution in [2.24, 2.45) is 5.92 Å². The fourth-order valence-corrected chi connectivity index (χ4v) is 2.35. The van der Waals surface area contributed by atoms with Gasteiger partial charge in [0.1, 0.15) is 5.82 Å². The van der Waals surface area contributed by atoms with Gasteiger partial charge in [0.2, 0.25) is 0 Å². The van der Waals surface area contributed by atoms with E-state index >= 15 is 0 Å². The Morgan fingerprint density at radius 2 is 2.40 bits per heavy atom. The number of nitrogens with zero attached hydrogens (tertiary/aromatic N) is 2. The molecule has 2 rings (SSSR count). The van der Waals surface area contributed by atoms with Gasteiger partial charge < -0.3 is 9.30 Å². The van der Waals surface area contributed by atoms with Gasteiger partial charge >= 0.3 is 5.97 Å². The molecular formula is C10H13ClN2O2. The molecule has 1 aliphatic rings. The lowest BCUT2D eigenvalue weighted by molar-refractivity contribution is -0.146. The summed E-state index contributed by atoms with van der Waals surface area (Å²) >= 11 is 5.99. The van der Waals surface area contributed by atoms with Crippen molar-refractivity contribution in [2.75, 3.05) is 7.11 Å². The molecule has 0 amide bonds. The first-order valence-electron chi connectivity index (χ1n) is 4.92. The minimum atomic E-state index is -0.156. The van der Waals surface area contributed by atoms with Crippen molar-refractivity contribution in [3.63, 3.8) is 0 Å². The van der Waals surface area contributed by atoms with Crippen LogP contribution in [0.5, 0.6) is 0 Å². The zero-order chi connectivity index (χ0) is 11.0. The van der Waals surface area contributed by atoms with Crippen LogP contribution >= 0.6 is 11.6 Å². The number of carbonyl (C=O) groups is 1. The summed E-state index contributed by atoms with van der Waals surface area (Å²) < 4.78 is 6.81. The minimum Gasteiger partial charge on any atom is -0.469 e. The minimum absolute atomic E-state index is 0.0731. The number of aryl methyl sites for hydroxylation is 1. The molecule has 82 valence electrons. The van der Waals surface area contributed by atoms with Crippen LogP contribution in [-0.4, -0.2) is 22.6 Å². The van der Waals surface area contributed by atoms with E-state index < -0.39 is 0 Å². The van der Waals surface area contributed by atoms with Gasteiger partial charge in [-0.1, -0.05) is 11.6 Å². The summed E-state index contributed by atoms with van der Waals surface area (Å²) in [5, 5.41) is 0.515. The van der Waals surface area contributed by atoms with Gasteiger partial charge in [0.15, 0.2) is 5.15 Å². The number of esters is 1. The molecule has 4 nitrogen and oxygen atoms in total. The second kappa shape index (κ2) is 3.85. The van der Waals surface area contributed by atoms with Crippen molar-refractivity contribution >= 4 is 17.6 Å². The monoisotopic (exact) mass is 228 g/mol. The third-order valence-corrected chi connectivity index (χ3v) is 3.19. The van der Waals surface area contributed by atoms with Gasteiger partial charge in [0.25, 0.3) is 0 Å². The molecular weight excluding hydrogens is 216 g/mol. The van der Waals surface area contributed by atoms with Crippen LogP contribution in [0, 0.1) is 12.8 Å². The molecule has 0 aliphatic carbocycles. The van der Waals surface area contributed by atoms with Crippen LogP contribution < -0.4 is 0 Å². The van der Waals surface area contributed by atoms with Crippen LogP contribution in [0.25, 0.3) is 0 Å². The molecule has 5 heteroatoms. The first-order valence-corrected chi connectivity index (χ1v) is 5.30. The molecule has 15 heavy (non-hydrogen) atoms.